The van der Waals surface area contributed by atoms with Crippen molar-refractivity contribution in [3.05, 3.63) is 165 Å². The third kappa shape index (κ3) is 5.62. The van der Waals surface area contributed by atoms with Crippen LogP contribution in [-0.2, 0) is 16.6 Å². The van der Waals surface area contributed by atoms with Gasteiger partial charge in [-0.3, -0.25) is 9.89 Å². The summed E-state index contributed by atoms with van der Waals surface area (Å²) >= 11 is 3.66. The number of carbonyl (C=O) groups excluding carboxylic acids is 1. The highest BCUT2D eigenvalue weighted by molar-refractivity contribution is 9.10. The van der Waals surface area contributed by atoms with E-state index in [1.54, 1.807) is 6.07 Å². The lowest BCUT2D eigenvalue weighted by Crippen LogP contribution is -2.33. The minimum atomic E-state index is -5.18. The number of aromatic nitrogens is 2. The molecular weight excluding hydrogens is 653 g/mol. The van der Waals surface area contributed by atoms with Crippen LogP contribution in [0.1, 0.15) is 33.4 Å². The third-order valence-electron chi connectivity index (χ3n) is 7.69. The number of carbonyl (C=O) groups is 1. The first-order chi connectivity index (χ1) is 21.6. The molecule has 0 fully saturated rings. The van der Waals surface area contributed by atoms with E-state index in [2.05, 4.69) is 26.1 Å². The van der Waals surface area contributed by atoms with Crippen molar-refractivity contribution in [2.75, 3.05) is 5.32 Å². The predicted octanol–water partition coefficient (Wildman–Crippen LogP) is 9.08. The van der Waals surface area contributed by atoms with Gasteiger partial charge in [-0.05, 0) is 58.0 Å². The smallest absolute Gasteiger partial charge is 0.301 e. The van der Waals surface area contributed by atoms with E-state index >= 15 is 0 Å². The second-order valence-electron chi connectivity index (χ2n) is 10.5. The zero-order valence-electron chi connectivity index (χ0n) is 23.3. The molecule has 1 aromatic heterocycles. The number of H-pyrrole nitrogens is 1. The molecule has 1 heterocycles. The summed E-state index contributed by atoms with van der Waals surface area (Å²) in [5, 5.41) is 9.07. The molecule has 4 nitrogen and oxygen atoms in total. The van der Waals surface area contributed by atoms with Gasteiger partial charge in [0.25, 0.3) is 0 Å². The topological polar surface area (TPSA) is 57.8 Å². The Morgan fingerprint density at radius 3 is 1.71 bits per heavy atom. The quantitative estimate of drug-likeness (QED) is 0.131. The summed E-state index contributed by atoms with van der Waals surface area (Å²) in [6.07, 6.45) is -5.20. The maximum absolute atomic E-state index is 14.5. The summed E-state index contributed by atoms with van der Waals surface area (Å²) in [5.74, 6) is -4.08. The zero-order valence-corrected chi connectivity index (χ0v) is 24.9. The monoisotopic (exact) mass is 675 g/mol. The molecule has 45 heavy (non-hydrogen) atoms. The molecular formula is C35H23BrF5N3O. The first-order valence-corrected chi connectivity index (χ1v) is 14.6. The summed E-state index contributed by atoms with van der Waals surface area (Å²) in [6, 6.07) is 33.0. The van der Waals surface area contributed by atoms with Crippen LogP contribution in [0.4, 0.5) is 27.8 Å². The molecule has 5 aromatic carbocycles. The minimum Gasteiger partial charge on any atom is -0.301 e. The number of hydrogen-bond donors (Lipinski definition) is 2. The second-order valence-corrected chi connectivity index (χ2v) is 11.3. The van der Waals surface area contributed by atoms with Crippen molar-refractivity contribution in [1.82, 2.24) is 10.2 Å². The Labute approximate surface area is 263 Å². The highest BCUT2D eigenvalue weighted by Gasteiger charge is 2.44. The number of alkyl halides is 3. The Morgan fingerprint density at radius 2 is 1.24 bits per heavy atom. The molecule has 226 valence electrons. The lowest BCUT2D eigenvalue weighted by Gasteiger charge is -2.39. The van der Waals surface area contributed by atoms with E-state index in [4.69, 9.17) is 0 Å². The fourth-order valence-electron chi connectivity index (χ4n) is 5.97. The van der Waals surface area contributed by atoms with Crippen LogP contribution in [0.2, 0.25) is 0 Å². The van der Waals surface area contributed by atoms with Crippen molar-refractivity contribution in [2.45, 2.75) is 18.0 Å². The van der Waals surface area contributed by atoms with Crippen LogP contribution in [0.25, 0.3) is 10.9 Å². The Bertz CT molecular complexity index is 1880. The van der Waals surface area contributed by atoms with Crippen molar-refractivity contribution < 1.29 is 26.7 Å². The molecule has 10 heteroatoms. The molecule has 6 aromatic rings. The van der Waals surface area contributed by atoms with Crippen molar-refractivity contribution in [3.63, 3.8) is 0 Å². The van der Waals surface area contributed by atoms with Gasteiger partial charge < -0.3 is 5.32 Å². The molecule has 0 radical (unpaired) electrons. The van der Waals surface area contributed by atoms with Crippen LogP contribution < -0.4 is 5.32 Å². The molecule has 6 rings (SSSR count). The molecule has 0 bridgehead atoms. The van der Waals surface area contributed by atoms with E-state index in [1.807, 2.05) is 96.3 Å². The SMILES string of the molecule is O=C(Nc1n[nH]c2cc(Br)c(Cc3cc(F)cc(F)c3)c(C(c3ccccc3)(c3ccccc3)c3ccccc3)c12)C(F)(F)F. The van der Waals surface area contributed by atoms with E-state index in [0.717, 1.165) is 22.8 Å². The first-order valence-electron chi connectivity index (χ1n) is 13.8. The number of halogens is 6. The van der Waals surface area contributed by atoms with Crippen molar-refractivity contribution in [3.8, 4) is 0 Å². The maximum atomic E-state index is 14.5. The Hall–Kier alpha value is -4.83. The summed E-state index contributed by atoms with van der Waals surface area (Å²) < 4.78 is 70.1. The Morgan fingerprint density at radius 1 is 0.756 bits per heavy atom. The number of aromatic amines is 1. The van der Waals surface area contributed by atoms with Gasteiger partial charge in [-0.15, -0.1) is 0 Å². The zero-order chi connectivity index (χ0) is 31.8. The van der Waals surface area contributed by atoms with Crippen LogP contribution in [-0.4, -0.2) is 22.3 Å². The van der Waals surface area contributed by atoms with Gasteiger partial charge in [0, 0.05) is 15.9 Å². The molecule has 0 unspecified atom stereocenters. The van der Waals surface area contributed by atoms with Gasteiger partial charge >= 0.3 is 12.1 Å². The lowest BCUT2D eigenvalue weighted by atomic mass is 9.62. The van der Waals surface area contributed by atoms with E-state index in [1.165, 1.54) is 12.1 Å². The van der Waals surface area contributed by atoms with Gasteiger partial charge in [0.15, 0.2) is 5.82 Å². The number of anilines is 1. The van der Waals surface area contributed by atoms with E-state index < -0.39 is 29.1 Å². The van der Waals surface area contributed by atoms with E-state index in [9.17, 15) is 26.7 Å². The van der Waals surface area contributed by atoms with Gasteiger partial charge in [0.1, 0.15) is 11.6 Å². The Kier molecular flexibility index (Phi) is 8.01. The average molecular weight is 676 g/mol. The normalized spacial score (nSPS) is 12.0. The van der Waals surface area contributed by atoms with Gasteiger partial charge in [-0.25, -0.2) is 8.78 Å². The van der Waals surface area contributed by atoms with Gasteiger partial charge in [-0.2, -0.15) is 18.3 Å². The molecule has 0 aliphatic rings. The number of benzene rings is 5. The van der Waals surface area contributed by atoms with Gasteiger partial charge in [0.2, 0.25) is 0 Å². The highest BCUT2D eigenvalue weighted by atomic mass is 79.9. The van der Waals surface area contributed by atoms with Crippen LogP contribution >= 0.6 is 15.9 Å². The number of amides is 1. The fraction of sp³-hybridized carbons (Fsp3) is 0.0857. The summed E-state index contributed by atoms with van der Waals surface area (Å²) in [4.78, 5) is 12.3. The molecule has 1 amide bonds. The number of hydrogen-bond acceptors (Lipinski definition) is 2. The summed E-state index contributed by atoms with van der Waals surface area (Å²) in [7, 11) is 0. The standard InChI is InChI=1S/C35H23BrF5N3O/c36-28-20-29-30(32(44-43-29)42-33(45)35(39,40)41)31(27(28)18-21-16-25(37)19-26(38)17-21)34(22-10-4-1-5-11-22,23-12-6-2-7-13-23)24-14-8-3-9-15-24/h1-17,19-20H,18H2,(H2,42,43,44,45). The van der Waals surface area contributed by atoms with Crippen LogP contribution in [0, 0.1) is 11.6 Å². The summed E-state index contributed by atoms with van der Waals surface area (Å²) in [6.45, 7) is 0. The van der Waals surface area contributed by atoms with Crippen molar-refractivity contribution in [2.24, 2.45) is 0 Å². The average Bonchev–Trinajstić information content (AvgIpc) is 3.41. The largest absolute Gasteiger partial charge is 0.471 e. The van der Waals surface area contributed by atoms with Gasteiger partial charge in [-0.1, -0.05) is 107 Å². The van der Waals surface area contributed by atoms with Gasteiger partial charge in [0.05, 0.1) is 10.9 Å². The first kappa shape index (κ1) is 30.2. The predicted molar refractivity (Wildman–Crippen MR) is 166 cm³/mol. The van der Waals surface area contributed by atoms with Crippen molar-refractivity contribution >= 4 is 38.6 Å². The molecule has 0 spiro atoms. The van der Waals surface area contributed by atoms with Crippen LogP contribution in [0.3, 0.4) is 0 Å². The summed E-state index contributed by atoms with van der Waals surface area (Å²) in [5.41, 5.74) is 2.64. The Balaban J connectivity index is 1.82. The number of fused-ring (bicyclic) bond motifs is 1. The van der Waals surface area contributed by atoms with Crippen LogP contribution in [0.15, 0.2) is 120 Å². The molecule has 0 atom stereocenters. The van der Waals surface area contributed by atoms with Crippen LogP contribution in [0.5, 0.6) is 0 Å². The molecule has 0 aliphatic heterocycles. The van der Waals surface area contributed by atoms with E-state index in [-0.39, 0.29) is 17.6 Å². The number of nitrogens with zero attached hydrogens (tertiary/aromatic N) is 1. The van der Waals surface area contributed by atoms with Crippen molar-refractivity contribution in [1.29, 1.82) is 0 Å². The fourth-order valence-corrected chi connectivity index (χ4v) is 6.53. The molecule has 0 saturated carbocycles. The third-order valence-corrected chi connectivity index (χ3v) is 8.40. The molecule has 0 aliphatic carbocycles. The lowest BCUT2D eigenvalue weighted by molar-refractivity contribution is -0.167. The maximum Gasteiger partial charge on any atom is 0.471 e. The number of rotatable bonds is 7. The second kappa shape index (κ2) is 11.9. The minimum absolute atomic E-state index is 0.0212. The van der Waals surface area contributed by atoms with E-state index in [0.29, 0.717) is 26.7 Å². The number of nitrogens with one attached hydrogen (secondary N) is 2. The molecule has 2 N–H and O–H groups in total. The highest BCUT2D eigenvalue weighted by Crippen LogP contribution is 2.51. The molecule has 0 saturated heterocycles.